The zero-order valence-corrected chi connectivity index (χ0v) is 11.2. The van der Waals surface area contributed by atoms with Crippen LogP contribution >= 0.6 is 11.3 Å². The van der Waals surface area contributed by atoms with Crippen LogP contribution in [0.25, 0.3) is 0 Å². The number of aryl methyl sites for hydroxylation is 1. The van der Waals surface area contributed by atoms with Crippen LogP contribution < -0.4 is 10.2 Å². The smallest absolute Gasteiger partial charge is 0.266 e. The molecule has 0 unspecified atom stereocenters. The van der Waals surface area contributed by atoms with Gasteiger partial charge in [0.05, 0.1) is 6.42 Å². The molecule has 0 saturated carbocycles. The first-order chi connectivity index (χ1) is 8.83. The molecule has 1 aliphatic rings. The Morgan fingerprint density at radius 3 is 3.00 bits per heavy atom. The van der Waals surface area contributed by atoms with Crippen molar-refractivity contribution in [2.75, 3.05) is 31.1 Å². The summed E-state index contributed by atoms with van der Waals surface area (Å²) >= 11 is 1.75. The lowest BCUT2D eigenvalue weighted by Crippen LogP contribution is -2.44. The third-order valence-electron chi connectivity index (χ3n) is 3.17. The fourth-order valence-corrected chi connectivity index (χ4v) is 2.80. The number of piperazine rings is 1. The van der Waals surface area contributed by atoms with Crippen molar-refractivity contribution in [3.63, 3.8) is 0 Å². The van der Waals surface area contributed by atoms with Crippen molar-refractivity contribution in [2.45, 2.75) is 13.3 Å². The largest absolute Gasteiger partial charge is 0.337 e. The van der Waals surface area contributed by atoms with Gasteiger partial charge in [0.25, 0.3) is 5.95 Å². The Bertz CT molecular complexity index is 516. The third-order valence-corrected chi connectivity index (χ3v) is 4.05. The van der Waals surface area contributed by atoms with E-state index in [1.54, 1.807) is 11.3 Å². The monoisotopic (exact) mass is 264 g/mol. The number of rotatable bonds is 3. The molecule has 1 fully saturated rings. The highest BCUT2D eigenvalue weighted by molar-refractivity contribution is 7.10. The van der Waals surface area contributed by atoms with Gasteiger partial charge in [0.1, 0.15) is 0 Å². The second kappa shape index (κ2) is 5.07. The van der Waals surface area contributed by atoms with E-state index < -0.39 is 0 Å². The molecule has 0 radical (unpaired) electrons. The topological polar surface area (TPSA) is 54.2 Å². The van der Waals surface area contributed by atoms with Gasteiger partial charge in [-0.3, -0.25) is 0 Å². The Labute approximate surface area is 110 Å². The molecule has 3 rings (SSSR count). The number of anilines is 1. The molecular weight excluding hydrogens is 248 g/mol. The van der Waals surface area contributed by atoms with Crippen molar-refractivity contribution in [3.05, 3.63) is 27.8 Å². The molecule has 2 aromatic heterocycles. The molecule has 2 aromatic rings. The summed E-state index contributed by atoms with van der Waals surface area (Å²) in [6.07, 6.45) is 0.731. The predicted molar refractivity (Wildman–Crippen MR) is 71.2 cm³/mol. The van der Waals surface area contributed by atoms with Gasteiger partial charge in [-0.25, -0.2) is 0 Å². The minimum atomic E-state index is 0.699. The highest BCUT2D eigenvalue weighted by atomic mass is 32.1. The lowest BCUT2D eigenvalue weighted by atomic mass is 10.2. The first-order valence-corrected chi connectivity index (χ1v) is 7.02. The zero-order chi connectivity index (χ0) is 12.4. The molecule has 0 spiro atoms. The summed E-state index contributed by atoms with van der Waals surface area (Å²) in [6.45, 7) is 5.96. The molecule has 0 aliphatic carbocycles. The minimum absolute atomic E-state index is 0.699. The van der Waals surface area contributed by atoms with Crippen LogP contribution in [0.5, 0.6) is 0 Å². The van der Waals surface area contributed by atoms with Crippen molar-refractivity contribution in [1.82, 2.24) is 15.5 Å². The summed E-state index contributed by atoms with van der Waals surface area (Å²) in [6, 6.07) is 2.12. The van der Waals surface area contributed by atoms with Crippen LogP contribution in [0.4, 0.5) is 5.95 Å². The van der Waals surface area contributed by atoms with Crippen molar-refractivity contribution in [3.8, 4) is 0 Å². The van der Waals surface area contributed by atoms with E-state index in [0.717, 1.165) is 38.5 Å². The van der Waals surface area contributed by atoms with Crippen LogP contribution in [0.1, 0.15) is 16.3 Å². The molecule has 1 aliphatic heterocycles. The second-order valence-electron chi connectivity index (χ2n) is 4.40. The maximum absolute atomic E-state index is 5.33. The molecule has 1 saturated heterocycles. The Morgan fingerprint density at radius 2 is 2.28 bits per heavy atom. The molecule has 18 heavy (non-hydrogen) atoms. The van der Waals surface area contributed by atoms with Gasteiger partial charge in [-0.05, 0) is 29.1 Å². The van der Waals surface area contributed by atoms with Gasteiger partial charge < -0.3 is 14.7 Å². The summed E-state index contributed by atoms with van der Waals surface area (Å²) in [7, 11) is 0. The first-order valence-electron chi connectivity index (χ1n) is 6.14. The van der Waals surface area contributed by atoms with E-state index in [0.29, 0.717) is 5.89 Å². The summed E-state index contributed by atoms with van der Waals surface area (Å²) < 4.78 is 5.33. The molecule has 3 heterocycles. The maximum atomic E-state index is 5.33. The van der Waals surface area contributed by atoms with Crippen LogP contribution in [-0.2, 0) is 6.42 Å². The third kappa shape index (κ3) is 2.39. The Morgan fingerprint density at radius 1 is 1.44 bits per heavy atom. The second-order valence-corrected chi connectivity index (χ2v) is 5.52. The van der Waals surface area contributed by atoms with E-state index in [2.05, 4.69) is 38.7 Å². The van der Waals surface area contributed by atoms with E-state index in [9.17, 15) is 0 Å². The first kappa shape index (κ1) is 11.7. The Balaban J connectivity index is 1.71. The van der Waals surface area contributed by atoms with Gasteiger partial charge in [0.2, 0.25) is 5.89 Å². The van der Waals surface area contributed by atoms with Gasteiger partial charge in [-0.1, -0.05) is 0 Å². The van der Waals surface area contributed by atoms with Crippen LogP contribution in [0.3, 0.4) is 0 Å². The molecular formula is C12H16N4OS. The minimum Gasteiger partial charge on any atom is -0.337 e. The number of thiophene rings is 1. The van der Waals surface area contributed by atoms with Gasteiger partial charge in [-0.2, -0.15) is 4.98 Å². The predicted octanol–water partition coefficient (Wildman–Crippen LogP) is 1.44. The maximum Gasteiger partial charge on any atom is 0.266 e. The lowest BCUT2D eigenvalue weighted by Gasteiger charge is -2.25. The molecule has 1 N–H and O–H groups in total. The molecule has 0 amide bonds. The number of nitrogens with zero attached hydrogens (tertiary/aromatic N) is 3. The van der Waals surface area contributed by atoms with Crippen LogP contribution in [-0.4, -0.2) is 36.3 Å². The van der Waals surface area contributed by atoms with Crippen LogP contribution in [0.2, 0.25) is 0 Å². The number of nitrogens with one attached hydrogen (secondary N) is 1. The van der Waals surface area contributed by atoms with Gasteiger partial charge in [-0.15, -0.1) is 11.3 Å². The standard InChI is InChI=1S/C12H16N4OS/c1-9-10(2-7-18-9)8-11-14-12(15-17-11)16-5-3-13-4-6-16/h2,7,13H,3-6,8H2,1H3. The fraction of sp³-hybridized carbons (Fsp3) is 0.500. The van der Waals surface area contributed by atoms with Crippen LogP contribution in [0, 0.1) is 6.92 Å². The summed E-state index contributed by atoms with van der Waals surface area (Å²) in [4.78, 5) is 7.95. The number of hydrogen-bond donors (Lipinski definition) is 1. The average molecular weight is 264 g/mol. The zero-order valence-electron chi connectivity index (χ0n) is 10.3. The molecule has 0 aromatic carbocycles. The molecule has 96 valence electrons. The Hall–Kier alpha value is -1.40. The Kier molecular flexibility index (Phi) is 3.29. The summed E-state index contributed by atoms with van der Waals surface area (Å²) in [5, 5.41) is 9.47. The molecule has 6 heteroatoms. The van der Waals surface area contributed by atoms with E-state index in [1.165, 1.54) is 10.4 Å². The van der Waals surface area contributed by atoms with Crippen molar-refractivity contribution >= 4 is 17.3 Å². The summed E-state index contributed by atoms with van der Waals surface area (Å²) in [5.74, 6) is 1.42. The van der Waals surface area contributed by atoms with E-state index >= 15 is 0 Å². The van der Waals surface area contributed by atoms with Crippen molar-refractivity contribution in [2.24, 2.45) is 0 Å². The highest BCUT2D eigenvalue weighted by Crippen LogP contribution is 2.19. The molecule has 5 nitrogen and oxygen atoms in total. The van der Waals surface area contributed by atoms with Gasteiger partial charge in [0.15, 0.2) is 0 Å². The highest BCUT2D eigenvalue weighted by Gasteiger charge is 2.17. The number of hydrogen-bond acceptors (Lipinski definition) is 6. The quantitative estimate of drug-likeness (QED) is 0.909. The van der Waals surface area contributed by atoms with Gasteiger partial charge >= 0.3 is 0 Å². The lowest BCUT2D eigenvalue weighted by molar-refractivity contribution is 0.383. The van der Waals surface area contributed by atoms with Crippen LogP contribution in [0.15, 0.2) is 16.0 Å². The molecule has 0 atom stereocenters. The van der Waals surface area contributed by atoms with Crippen molar-refractivity contribution < 1.29 is 4.52 Å². The number of aromatic nitrogens is 2. The normalized spacial score (nSPS) is 16.2. The fourth-order valence-electron chi connectivity index (χ4n) is 2.07. The average Bonchev–Trinajstić information content (AvgIpc) is 3.02. The molecule has 0 bridgehead atoms. The van der Waals surface area contributed by atoms with E-state index in [-0.39, 0.29) is 0 Å². The van der Waals surface area contributed by atoms with E-state index in [4.69, 9.17) is 4.52 Å². The van der Waals surface area contributed by atoms with Crippen molar-refractivity contribution in [1.29, 1.82) is 0 Å². The van der Waals surface area contributed by atoms with Gasteiger partial charge in [0, 0.05) is 31.1 Å². The SMILES string of the molecule is Cc1sccc1Cc1nc(N2CCNCC2)no1. The summed E-state index contributed by atoms with van der Waals surface area (Å²) in [5.41, 5.74) is 1.27. The van der Waals surface area contributed by atoms with E-state index in [1.807, 2.05) is 0 Å².